The van der Waals surface area contributed by atoms with E-state index in [4.69, 9.17) is 21.1 Å². The van der Waals surface area contributed by atoms with Crippen molar-refractivity contribution in [2.24, 2.45) is 4.99 Å². The van der Waals surface area contributed by atoms with Crippen LogP contribution in [0.5, 0.6) is 5.75 Å². The smallest absolute Gasteiger partial charge is 0.289 e. The van der Waals surface area contributed by atoms with Gasteiger partial charge in [-0.1, -0.05) is 22.9 Å². The molecular weight excluding hydrogens is 392 g/mol. The second-order valence-corrected chi connectivity index (χ2v) is 8.04. The summed E-state index contributed by atoms with van der Waals surface area (Å²) in [5.74, 6) is 0.518. The molecule has 0 N–H and O–H groups in total. The number of amides is 1. The number of nitrogens with zero attached hydrogens (tertiary/aromatic N) is 2. The SMILES string of the molecule is CCOCCn1c(=NC(=O)c2ccc(Cl)s2)sc2cc(OCC)ccc21. The maximum absolute atomic E-state index is 12.5. The summed E-state index contributed by atoms with van der Waals surface area (Å²) in [4.78, 5) is 18.0. The Morgan fingerprint density at radius 1 is 1.19 bits per heavy atom. The average molecular weight is 411 g/mol. The fourth-order valence-electron chi connectivity index (χ4n) is 2.48. The van der Waals surface area contributed by atoms with Crippen LogP contribution in [-0.2, 0) is 11.3 Å². The monoisotopic (exact) mass is 410 g/mol. The summed E-state index contributed by atoms with van der Waals surface area (Å²) in [7, 11) is 0. The molecule has 138 valence electrons. The molecule has 0 atom stereocenters. The van der Waals surface area contributed by atoms with Gasteiger partial charge in [-0.2, -0.15) is 4.99 Å². The number of thiophene rings is 1. The quantitative estimate of drug-likeness (QED) is 0.535. The van der Waals surface area contributed by atoms with Gasteiger partial charge in [0.25, 0.3) is 5.91 Å². The Morgan fingerprint density at radius 3 is 2.73 bits per heavy atom. The summed E-state index contributed by atoms with van der Waals surface area (Å²) in [6, 6.07) is 9.31. The molecule has 0 aliphatic heterocycles. The normalized spacial score (nSPS) is 12.0. The lowest BCUT2D eigenvalue weighted by Crippen LogP contribution is -2.19. The predicted molar refractivity (Wildman–Crippen MR) is 107 cm³/mol. The number of aromatic nitrogens is 1. The summed E-state index contributed by atoms with van der Waals surface area (Å²) < 4.78 is 14.7. The zero-order valence-electron chi connectivity index (χ0n) is 14.5. The Kier molecular flexibility index (Phi) is 6.48. The van der Waals surface area contributed by atoms with Crippen LogP contribution in [0, 0.1) is 0 Å². The molecule has 0 aliphatic rings. The molecule has 3 aromatic rings. The van der Waals surface area contributed by atoms with Gasteiger partial charge in [0, 0.05) is 13.2 Å². The molecule has 0 radical (unpaired) electrons. The van der Waals surface area contributed by atoms with Crippen molar-refractivity contribution in [2.45, 2.75) is 20.4 Å². The summed E-state index contributed by atoms with van der Waals surface area (Å²) in [6.45, 7) is 6.35. The van der Waals surface area contributed by atoms with E-state index in [1.807, 2.05) is 36.6 Å². The summed E-state index contributed by atoms with van der Waals surface area (Å²) in [5, 5.41) is 0. The molecule has 0 fully saturated rings. The van der Waals surface area contributed by atoms with Gasteiger partial charge in [-0.15, -0.1) is 11.3 Å². The standard InChI is InChI=1S/C18H19ClN2O3S2/c1-3-23-10-9-21-13-6-5-12(24-4-2)11-15(13)26-18(21)20-17(22)14-7-8-16(19)25-14/h5-8,11H,3-4,9-10H2,1-2H3. The van der Waals surface area contributed by atoms with Crippen molar-refractivity contribution in [1.82, 2.24) is 4.57 Å². The molecule has 0 saturated heterocycles. The first-order chi connectivity index (χ1) is 12.6. The molecule has 0 unspecified atom stereocenters. The number of ether oxygens (including phenoxy) is 2. The van der Waals surface area contributed by atoms with Gasteiger partial charge >= 0.3 is 0 Å². The van der Waals surface area contributed by atoms with Crippen LogP contribution >= 0.6 is 34.3 Å². The van der Waals surface area contributed by atoms with Crippen molar-refractivity contribution in [2.75, 3.05) is 19.8 Å². The number of carbonyl (C=O) groups excluding carboxylic acids is 1. The third-order valence-electron chi connectivity index (χ3n) is 3.61. The molecule has 0 aliphatic carbocycles. The zero-order valence-corrected chi connectivity index (χ0v) is 16.9. The third-order valence-corrected chi connectivity index (χ3v) is 5.87. The molecule has 0 spiro atoms. The number of carbonyl (C=O) groups is 1. The Morgan fingerprint density at radius 2 is 2.04 bits per heavy atom. The number of hydrogen-bond donors (Lipinski definition) is 0. The molecular formula is C18H19ClN2O3S2. The topological polar surface area (TPSA) is 52.8 Å². The lowest BCUT2D eigenvalue weighted by molar-refractivity contribution is 0.100. The Hall–Kier alpha value is -1.67. The Balaban J connectivity index is 2.04. The Labute approximate surface area is 164 Å². The number of benzene rings is 1. The van der Waals surface area contributed by atoms with E-state index in [0.717, 1.165) is 16.0 Å². The van der Waals surface area contributed by atoms with Crippen molar-refractivity contribution in [3.8, 4) is 5.75 Å². The fourth-order valence-corrected chi connectivity index (χ4v) is 4.49. The van der Waals surface area contributed by atoms with Gasteiger partial charge in [0.15, 0.2) is 4.80 Å². The second kappa shape index (κ2) is 8.81. The van der Waals surface area contributed by atoms with Gasteiger partial charge in [-0.25, -0.2) is 0 Å². The highest BCUT2D eigenvalue weighted by Gasteiger charge is 2.12. The van der Waals surface area contributed by atoms with Crippen LogP contribution in [0.1, 0.15) is 23.5 Å². The van der Waals surface area contributed by atoms with Crippen LogP contribution in [-0.4, -0.2) is 30.3 Å². The number of fused-ring (bicyclic) bond motifs is 1. The van der Waals surface area contributed by atoms with Crippen LogP contribution in [0.15, 0.2) is 35.3 Å². The number of rotatable bonds is 7. The van der Waals surface area contributed by atoms with E-state index in [0.29, 0.717) is 40.4 Å². The first-order valence-electron chi connectivity index (χ1n) is 8.30. The highest BCUT2D eigenvalue weighted by Crippen LogP contribution is 2.24. The van der Waals surface area contributed by atoms with Crippen molar-refractivity contribution in [1.29, 1.82) is 0 Å². The summed E-state index contributed by atoms with van der Waals surface area (Å²) >= 11 is 8.62. The number of hydrogen-bond acceptors (Lipinski definition) is 5. The lowest BCUT2D eigenvalue weighted by atomic mass is 10.3. The van der Waals surface area contributed by atoms with E-state index in [2.05, 4.69) is 4.99 Å². The molecule has 26 heavy (non-hydrogen) atoms. The molecule has 0 saturated carbocycles. The zero-order chi connectivity index (χ0) is 18.5. The van der Waals surface area contributed by atoms with Gasteiger partial charge < -0.3 is 14.0 Å². The van der Waals surface area contributed by atoms with Gasteiger partial charge in [0.05, 0.1) is 32.6 Å². The average Bonchev–Trinajstić information content (AvgIpc) is 3.19. The minimum Gasteiger partial charge on any atom is -0.494 e. The van der Waals surface area contributed by atoms with Crippen molar-refractivity contribution < 1.29 is 14.3 Å². The van der Waals surface area contributed by atoms with E-state index in [9.17, 15) is 4.79 Å². The largest absolute Gasteiger partial charge is 0.494 e. The third kappa shape index (κ3) is 4.35. The van der Waals surface area contributed by atoms with Crippen LogP contribution in [0.3, 0.4) is 0 Å². The van der Waals surface area contributed by atoms with Crippen LogP contribution in [0.25, 0.3) is 10.2 Å². The highest BCUT2D eigenvalue weighted by atomic mass is 35.5. The highest BCUT2D eigenvalue weighted by molar-refractivity contribution is 7.18. The molecule has 8 heteroatoms. The van der Waals surface area contributed by atoms with Crippen LogP contribution in [0.4, 0.5) is 0 Å². The molecule has 1 aromatic carbocycles. The van der Waals surface area contributed by atoms with E-state index < -0.39 is 0 Å². The van der Waals surface area contributed by atoms with Crippen molar-refractivity contribution >= 4 is 50.4 Å². The maximum Gasteiger partial charge on any atom is 0.289 e. The molecule has 2 aromatic heterocycles. The lowest BCUT2D eigenvalue weighted by Gasteiger charge is -2.06. The fraction of sp³-hybridized carbons (Fsp3) is 0.333. The van der Waals surface area contributed by atoms with E-state index in [-0.39, 0.29) is 5.91 Å². The van der Waals surface area contributed by atoms with Gasteiger partial charge in [-0.05, 0) is 44.2 Å². The van der Waals surface area contributed by atoms with E-state index >= 15 is 0 Å². The molecule has 2 heterocycles. The maximum atomic E-state index is 12.5. The first kappa shape index (κ1) is 19.1. The first-order valence-corrected chi connectivity index (χ1v) is 10.3. The van der Waals surface area contributed by atoms with Crippen LogP contribution in [0.2, 0.25) is 4.34 Å². The van der Waals surface area contributed by atoms with E-state index in [1.165, 1.54) is 22.7 Å². The predicted octanol–water partition coefficient (Wildman–Crippen LogP) is 4.59. The summed E-state index contributed by atoms with van der Waals surface area (Å²) in [5.41, 5.74) is 1.01. The van der Waals surface area contributed by atoms with Crippen LogP contribution < -0.4 is 9.54 Å². The second-order valence-electron chi connectivity index (χ2n) is 5.32. The van der Waals surface area contributed by atoms with Gasteiger partial charge in [-0.3, -0.25) is 4.79 Å². The minimum atomic E-state index is -0.288. The molecule has 1 amide bonds. The molecule has 0 bridgehead atoms. The molecule has 5 nitrogen and oxygen atoms in total. The van der Waals surface area contributed by atoms with Gasteiger partial charge in [0.1, 0.15) is 5.75 Å². The number of halogens is 1. The number of thiazole rings is 1. The van der Waals surface area contributed by atoms with Gasteiger partial charge in [0.2, 0.25) is 0 Å². The molecule has 3 rings (SSSR count). The Bertz CT molecular complexity index is 974. The van der Waals surface area contributed by atoms with Crippen molar-refractivity contribution in [3.63, 3.8) is 0 Å². The summed E-state index contributed by atoms with van der Waals surface area (Å²) in [6.07, 6.45) is 0. The van der Waals surface area contributed by atoms with Crippen molar-refractivity contribution in [3.05, 3.63) is 44.3 Å². The minimum absolute atomic E-state index is 0.288. The van der Waals surface area contributed by atoms with E-state index in [1.54, 1.807) is 12.1 Å².